The van der Waals surface area contributed by atoms with E-state index < -0.39 is 0 Å². The zero-order valence-electron chi connectivity index (χ0n) is 13.2. The third kappa shape index (κ3) is 2.21. The highest BCUT2D eigenvalue weighted by molar-refractivity contribution is 5.74. The number of nitrogens with zero attached hydrogens (tertiary/aromatic N) is 4. The van der Waals surface area contributed by atoms with Crippen LogP contribution >= 0.6 is 0 Å². The molecule has 0 saturated heterocycles. The second-order valence-corrected chi connectivity index (χ2v) is 5.77. The number of aryl methyl sites for hydroxylation is 3. The molecule has 0 saturated carbocycles. The van der Waals surface area contributed by atoms with Gasteiger partial charge in [-0.1, -0.05) is 17.7 Å². The number of aromatic nitrogens is 4. The van der Waals surface area contributed by atoms with Crippen LogP contribution in [0.2, 0.25) is 0 Å². The monoisotopic (exact) mass is 304 g/mol. The van der Waals surface area contributed by atoms with E-state index in [9.17, 15) is 0 Å². The molecule has 0 amide bonds. The van der Waals surface area contributed by atoms with E-state index in [-0.39, 0.29) is 0 Å². The average Bonchev–Trinajstić information content (AvgIpc) is 3.13. The van der Waals surface area contributed by atoms with Gasteiger partial charge in [-0.3, -0.25) is 4.57 Å². The maximum absolute atomic E-state index is 5.21. The van der Waals surface area contributed by atoms with Gasteiger partial charge in [0.1, 0.15) is 11.3 Å². The Balaban J connectivity index is 1.92. The summed E-state index contributed by atoms with van der Waals surface area (Å²) in [6.07, 6.45) is 6.96. The first kappa shape index (κ1) is 13.7. The molecule has 4 rings (SSSR count). The Morgan fingerprint density at radius 1 is 0.957 bits per heavy atom. The van der Waals surface area contributed by atoms with Gasteiger partial charge in [-0.2, -0.15) is 0 Å². The zero-order chi connectivity index (χ0) is 16.0. The molecule has 0 aliphatic heterocycles. The molecule has 0 spiro atoms. The highest BCUT2D eigenvalue weighted by atomic mass is 16.3. The molecule has 1 aromatic carbocycles. The number of pyridine rings is 1. The summed E-state index contributed by atoms with van der Waals surface area (Å²) >= 11 is 0. The van der Waals surface area contributed by atoms with Crippen LogP contribution in [0.1, 0.15) is 16.7 Å². The van der Waals surface area contributed by atoms with Crippen LogP contribution in [0.25, 0.3) is 28.3 Å². The number of benzene rings is 1. The first-order chi connectivity index (χ1) is 11.1. The Kier molecular flexibility index (Phi) is 3.01. The Labute approximate surface area is 133 Å². The SMILES string of the molecule is Cc1cc(C)c(-n2ccnc2-c2cnc3ocnc3c2)c(C)c1. The van der Waals surface area contributed by atoms with Crippen molar-refractivity contribution < 1.29 is 4.42 Å². The molecule has 0 unspecified atom stereocenters. The average molecular weight is 304 g/mol. The van der Waals surface area contributed by atoms with Crippen molar-refractivity contribution in [1.82, 2.24) is 19.5 Å². The van der Waals surface area contributed by atoms with Crippen molar-refractivity contribution in [2.24, 2.45) is 0 Å². The molecule has 3 aromatic heterocycles. The van der Waals surface area contributed by atoms with Gasteiger partial charge in [0.25, 0.3) is 0 Å². The summed E-state index contributed by atoms with van der Waals surface area (Å²) in [6.45, 7) is 6.36. The molecule has 0 bridgehead atoms. The second-order valence-electron chi connectivity index (χ2n) is 5.77. The van der Waals surface area contributed by atoms with Gasteiger partial charge in [-0.05, 0) is 38.0 Å². The minimum Gasteiger partial charge on any atom is -0.425 e. The summed E-state index contributed by atoms with van der Waals surface area (Å²) in [5.41, 5.74) is 7.04. The maximum atomic E-state index is 5.21. The number of rotatable bonds is 2. The third-order valence-electron chi connectivity index (χ3n) is 3.96. The molecule has 4 aromatic rings. The summed E-state index contributed by atoms with van der Waals surface area (Å²) in [7, 11) is 0. The van der Waals surface area contributed by atoms with Crippen LogP contribution in [0.4, 0.5) is 0 Å². The van der Waals surface area contributed by atoms with E-state index in [0.717, 1.165) is 22.6 Å². The number of hydrogen-bond donors (Lipinski definition) is 0. The van der Waals surface area contributed by atoms with E-state index >= 15 is 0 Å². The Morgan fingerprint density at radius 3 is 2.52 bits per heavy atom. The molecule has 0 radical (unpaired) electrons. The summed E-state index contributed by atoms with van der Waals surface area (Å²) in [5, 5.41) is 0. The van der Waals surface area contributed by atoms with Crippen LogP contribution < -0.4 is 0 Å². The van der Waals surface area contributed by atoms with E-state index in [1.807, 2.05) is 12.3 Å². The van der Waals surface area contributed by atoms with Crippen LogP contribution in [0.5, 0.6) is 0 Å². The highest BCUT2D eigenvalue weighted by Crippen LogP contribution is 2.27. The standard InChI is InChI=1S/C18H16N4O/c1-11-6-12(2)16(13(3)7-11)22-5-4-19-17(22)14-8-15-18(20-9-14)23-10-21-15/h4-10H,1-3H3. The molecular formula is C18H16N4O. The summed E-state index contributed by atoms with van der Waals surface area (Å²) < 4.78 is 7.31. The lowest BCUT2D eigenvalue weighted by atomic mass is 10.0. The molecule has 5 nitrogen and oxygen atoms in total. The van der Waals surface area contributed by atoms with Crippen molar-refractivity contribution in [3.63, 3.8) is 0 Å². The lowest BCUT2D eigenvalue weighted by molar-refractivity contribution is 0.590. The molecule has 3 heterocycles. The number of fused-ring (bicyclic) bond motifs is 1. The topological polar surface area (TPSA) is 56.7 Å². The summed E-state index contributed by atoms with van der Waals surface area (Å²) in [5.74, 6) is 0.845. The van der Waals surface area contributed by atoms with Crippen molar-refractivity contribution in [2.75, 3.05) is 0 Å². The molecule has 0 aliphatic carbocycles. The molecule has 5 heteroatoms. The van der Waals surface area contributed by atoms with E-state index in [1.54, 1.807) is 12.4 Å². The maximum Gasteiger partial charge on any atom is 0.246 e. The summed E-state index contributed by atoms with van der Waals surface area (Å²) in [6, 6.07) is 6.32. The van der Waals surface area contributed by atoms with Crippen molar-refractivity contribution >= 4 is 11.2 Å². The van der Waals surface area contributed by atoms with E-state index in [2.05, 4.69) is 52.4 Å². The normalized spacial score (nSPS) is 11.3. The fraction of sp³-hybridized carbons (Fsp3) is 0.167. The fourth-order valence-corrected chi connectivity index (χ4v) is 3.13. The van der Waals surface area contributed by atoms with Gasteiger partial charge in [0.05, 0.1) is 5.69 Å². The number of hydrogen-bond acceptors (Lipinski definition) is 4. The van der Waals surface area contributed by atoms with Gasteiger partial charge >= 0.3 is 0 Å². The lowest BCUT2D eigenvalue weighted by Gasteiger charge is -2.15. The molecule has 0 atom stereocenters. The Bertz CT molecular complexity index is 990. The van der Waals surface area contributed by atoms with E-state index in [0.29, 0.717) is 5.71 Å². The first-order valence-corrected chi connectivity index (χ1v) is 7.44. The van der Waals surface area contributed by atoms with Gasteiger partial charge in [0.2, 0.25) is 5.71 Å². The quantitative estimate of drug-likeness (QED) is 0.561. The zero-order valence-corrected chi connectivity index (χ0v) is 13.2. The molecule has 0 aliphatic rings. The third-order valence-corrected chi connectivity index (χ3v) is 3.96. The Morgan fingerprint density at radius 2 is 1.74 bits per heavy atom. The number of oxazole rings is 1. The van der Waals surface area contributed by atoms with Crippen LogP contribution in [0.15, 0.2) is 47.6 Å². The van der Waals surface area contributed by atoms with E-state index in [1.165, 1.54) is 23.1 Å². The van der Waals surface area contributed by atoms with Gasteiger partial charge in [-0.15, -0.1) is 0 Å². The van der Waals surface area contributed by atoms with Gasteiger partial charge in [-0.25, -0.2) is 15.0 Å². The molecule has 23 heavy (non-hydrogen) atoms. The predicted molar refractivity (Wildman–Crippen MR) is 88.6 cm³/mol. The largest absolute Gasteiger partial charge is 0.425 e. The fourth-order valence-electron chi connectivity index (χ4n) is 3.13. The van der Waals surface area contributed by atoms with Crippen molar-refractivity contribution in [2.45, 2.75) is 20.8 Å². The molecule has 114 valence electrons. The first-order valence-electron chi connectivity index (χ1n) is 7.44. The summed E-state index contributed by atoms with van der Waals surface area (Å²) in [4.78, 5) is 13.0. The molecular weight excluding hydrogens is 288 g/mol. The van der Waals surface area contributed by atoms with Crippen molar-refractivity contribution in [3.8, 4) is 17.1 Å². The Hall–Kier alpha value is -2.95. The lowest BCUT2D eigenvalue weighted by Crippen LogP contribution is -2.02. The minimum absolute atomic E-state index is 0.537. The highest BCUT2D eigenvalue weighted by Gasteiger charge is 2.14. The van der Waals surface area contributed by atoms with Gasteiger partial charge < -0.3 is 4.42 Å². The van der Waals surface area contributed by atoms with E-state index in [4.69, 9.17) is 4.42 Å². The van der Waals surface area contributed by atoms with Crippen LogP contribution in [0.3, 0.4) is 0 Å². The van der Waals surface area contributed by atoms with Crippen LogP contribution in [-0.4, -0.2) is 19.5 Å². The smallest absolute Gasteiger partial charge is 0.246 e. The van der Waals surface area contributed by atoms with Gasteiger partial charge in [0, 0.05) is 24.2 Å². The minimum atomic E-state index is 0.537. The second kappa shape index (κ2) is 5.05. The van der Waals surface area contributed by atoms with Crippen molar-refractivity contribution in [3.05, 3.63) is 59.9 Å². The van der Waals surface area contributed by atoms with Crippen molar-refractivity contribution in [1.29, 1.82) is 0 Å². The van der Waals surface area contributed by atoms with Crippen LogP contribution in [0, 0.1) is 20.8 Å². The predicted octanol–water partition coefficient (Wildman–Crippen LogP) is 4.00. The molecule has 0 fully saturated rings. The van der Waals surface area contributed by atoms with Gasteiger partial charge in [0.15, 0.2) is 6.39 Å². The van der Waals surface area contributed by atoms with Crippen LogP contribution in [-0.2, 0) is 0 Å². The number of imidazole rings is 1. The molecule has 0 N–H and O–H groups in total.